The highest BCUT2D eigenvalue weighted by Crippen LogP contribution is 2.50. The number of aliphatic imine (C=N–C) groups is 3. The monoisotopic (exact) mass is 898 g/mol. The minimum absolute atomic E-state index is 0.0337. The summed E-state index contributed by atoms with van der Waals surface area (Å²) in [6.45, 7) is 9.77. The number of nitrogens with two attached hydrogens (primary N) is 1. The van der Waals surface area contributed by atoms with E-state index in [0.717, 1.165) is 36.2 Å². The van der Waals surface area contributed by atoms with Crippen molar-refractivity contribution in [2.24, 2.45) is 32.5 Å². The van der Waals surface area contributed by atoms with Gasteiger partial charge in [-0.2, -0.15) is 27.8 Å². The van der Waals surface area contributed by atoms with Gasteiger partial charge >= 0.3 is 12.2 Å². The van der Waals surface area contributed by atoms with E-state index in [9.17, 15) is 31.9 Å². The molecule has 340 valence electrons. The smallest absolute Gasteiger partial charge is 0.331 e. The molecule has 1 aromatic carbocycles. The van der Waals surface area contributed by atoms with E-state index in [0.29, 0.717) is 36.2 Å². The lowest BCUT2D eigenvalue weighted by molar-refractivity contribution is -0.134. The van der Waals surface area contributed by atoms with Crippen LogP contribution in [-0.2, 0) is 21.8 Å². The van der Waals surface area contributed by atoms with Gasteiger partial charge in [-0.15, -0.1) is 0 Å². The van der Waals surface area contributed by atoms with Crippen LogP contribution in [0, 0.1) is 17.7 Å². The molecular formula is C44H56F5N10O3P. The Kier molecular flexibility index (Phi) is 17.6. The van der Waals surface area contributed by atoms with Crippen LogP contribution in [0.2, 0.25) is 0 Å². The van der Waals surface area contributed by atoms with Crippen LogP contribution >= 0.6 is 9.24 Å². The summed E-state index contributed by atoms with van der Waals surface area (Å²) >= 11 is 0. The van der Waals surface area contributed by atoms with Crippen molar-refractivity contribution >= 4 is 45.4 Å². The molecule has 3 unspecified atom stereocenters. The third-order valence-corrected chi connectivity index (χ3v) is 11.0. The molecule has 1 fully saturated rings. The summed E-state index contributed by atoms with van der Waals surface area (Å²) < 4.78 is 71.9. The molecule has 0 aliphatic heterocycles. The Morgan fingerprint density at radius 3 is 2.46 bits per heavy atom. The summed E-state index contributed by atoms with van der Waals surface area (Å²) in [5.41, 5.74) is 2.98. The number of alkyl halides is 4. The number of aromatic amines is 1. The number of amidine groups is 1. The third-order valence-electron chi connectivity index (χ3n) is 10.7. The molecule has 0 spiro atoms. The van der Waals surface area contributed by atoms with Crippen LogP contribution in [0.15, 0.2) is 85.8 Å². The van der Waals surface area contributed by atoms with E-state index in [2.05, 4.69) is 42.5 Å². The first kappa shape index (κ1) is 50.0. The van der Waals surface area contributed by atoms with Gasteiger partial charge in [0.05, 0.1) is 17.8 Å². The summed E-state index contributed by atoms with van der Waals surface area (Å²) in [5.74, 6) is -0.476. The first-order chi connectivity index (χ1) is 29.7. The molecule has 0 radical (unpaired) electrons. The van der Waals surface area contributed by atoms with E-state index in [1.807, 2.05) is 45.9 Å². The van der Waals surface area contributed by atoms with Gasteiger partial charge in [0.15, 0.2) is 0 Å². The minimum atomic E-state index is -3.42. The van der Waals surface area contributed by atoms with Crippen LogP contribution in [0.4, 0.5) is 22.0 Å². The van der Waals surface area contributed by atoms with Crippen molar-refractivity contribution in [3.05, 3.63) is 99.0 Å². The molecule has 1 saturated carbocycles. The number of nitrogens with zero attached hydrogens (tertiary/aromatic N) is 7. The van der Waals surface area contributed by atoms with E-state index in [1.165, 1.54) is 37.0 Å². The molecule has 1 aliphatic carbocycles. The lowest BCUT2D eigenvalue weighted by Gasteiger charge is -2.33. The van der Waals surface area contributed by atoms with Gasteiger partial charge in [0.1, 0.15) is 29.1 Å². The van der Waals surface area contributed by atoms with Gasteiger partial charge < -0.3 is 16.0 Å². The number of hydrogen-bond acceptors (Lipinski definition) is 8. The Bertz CT molecular complexity index is 2310. The summed E-state index contributed by atoms with van der Waals surface area (Å²) in [7, 11) is 1.41. The molecule has 63 heavy (non-hydrogen) atoms. The molecule has 0 saturated heterocycles. The van der Waals surface area contributed by atoms with Crippen LogP contribution in [0.25, 0.3) is 17.0 Å². The molecule has 19 heteroatoms. The first-order valence-corrected chi connectivity index (χ1v) is 21.1. The molecule has 0 bridgehead atoms. The number of rotatable bonds is 21. The van der Waals surface area contributed by atoms with E-state index in [1.54, 1.807) is 26.1 Å². The number of benzene rings is 1. The molecule has 1 aliphatic rings. The fourth-order valence-corrected chi connectivity index (χ4v) is 6.96. The second-order valence-electron chi connectivity index (χ2n) is 16.1. The fraction of sp³-hybridized carbons (Fsp3) is 0.455. The van der Waals surface area contributed by atoms with Crippen molar-refractivity contribution in [3.63, 3.8) is 0 Å². The zero-order chi connectivity index (χ0) is 46.6. The Morgan fingerprint density at radius 1 is 1.16 bits per heavy atom. The van der Waals surface area contributed by atoms with E-state index in [4.69, 9.17) is 5.73 Å². The summed E-state index contributed by atoms with van der Waals surface area (Å²) in [4.78, 5) is 52.1. The number of allylic oxidation sites excluding steroid dienone is 4. The van der Waals surface area contributed by atoms with E-state index < -0.39 is 41.0 Å². The van der Waals surface area contributed by atoms with Gasteiger partial charge in [-0.05, 0) is 112 Å². The van der Waals surface area contributed by atoms with Crippen LogP contribution in [-0.4, -0.2) is 80.1 Å². The van der Waals surface area contributed by atoms with Crippen LogP contribution in [0.3, 0.4) is 0 Å². The van der Waals surface area contributed by atoms with Gasteiger partial charge in [-0.1, -0.05) is 47.4 Å². The average Bonchev–Trinajstić information content (AvgIpc) is 3.88. The van der Waals surface area contributed by atoms with Gasteiger partial charge in [0.2, 0.25) is 12.3 Å². The lowest BCUT2D eigenvalue weighted by Crippen LogP contribution is -2.55. The zero-order valence-corrected chi connectivity index (χ0v) is 37.6. The lowest BCUT2D eigenvalue weighted by atomic mass is 10.00. The zero-order valence-electron chi connectivity index (χ0n) is 36.5. The maximum Gasteiger partial charge on any atom is 0.331 e. The number of halogens is 5. The van der Waals surface area contributed by atoms with Crippen molar-refractivity contribution < 1.29 is 31.5 Å². The maximum absolute atomic E-state index is 15.8. The van der Waals surface area contributed by atoms with E-state index in [-0.39, 0.29) is 60.0 Å². The van der Waals surface area contributed by atoms with Crippen molar-refractivity contribution in [3.8, 4) is 11.4 Å². The van der Waals surface area contributed by atoms with E-state index >= 15 is 4.39 Å². The average molecular weight is 899 g/mol. The number of carbonyl (C=O) groups is 2. The molecule has 4 N–H and O–H groups in total. The topological polar surface area (TPSA) is 176 Å². The van der Waals surface area contributed by atoms with Gasteiger partial charge in [0, 0.05) is 43.1 Å². The Morgan fingerprint density at radius 2 is 1.89 bits per heavy atom. The highest BCUT2D eigenvalue weighted by atomic mass is 31.0. The largest absolute Gasteiger partial charge is 0.404 e. The molecule has 2 amide bonds. The predicted octanol–water partition coefficient (Wildman–Crippen LogP) is 7.98. The normalized spacial score (nSPS) is 17.7. The van der Waals surface area contributed by atoms with Gasteiger partial charge in [-0.3, -0.25) is 19.1 Å². The second-order valence-corrected chi connectivity index (χ2v) is 16.8. The third kappa shape index (κ3) is 14.2. The molecule has 3 aromatic rings. The van der Waals surface area contributed by atoms with Crippen molar-refractivity contribution in [1.82, 2.24) is 30.2 Å². The molecule has 13 nitrogen and oxygen atoms in total. The highest BCUT2D eigenvalue weighted by molar-refractivity contribution is 7.17. The van der Waals surface area contributed by atoms with Crippen molar-refractivity contribution in [1.29, 1.82) is 0 Å². The fourth-order valence-electron chi connectivity index (χ4n) is 6.82. The highest BCUT2D eigenvalue weighted by Gasteiger charge is 2.41. The number of nitrogens with one attached hydrogen (secondary N) is 2. The SMILES string of the molecule is C/C=C(/C)N=C(N=C/C(=C\C)c1ccc(C2C[C@H]2CCN(C=O)[C@H](CC(=C/N)/C=N/C(F)F)C(=O)NC(C)(C)Cn2nc(C(F)(F)P)cc2-c2ccc(=O)[nH]n2)c(F)c1)C(C)CC. The standard InChI is InChI=1S/C44H56F5N10O3P/c1-8-26(4)40(53-27(5)9-2)51-23-29(10-3)30-11-12-32(34(45)19-30)33-18-31(33)15-16-58(25-60)37(17-28(21-50)22-52-42(46)47)41(62)54-43(6,7)24-59-36(20-38(57-59)44(48,49)63)35-13-14-39(61)56-55-35/h9-14,19-23,25-26,31,33,37,42H,8,15-18,24,50,63H2,1-7H3,(H,54,62)(H,56,61)/b27-9-,28-21-,29-10+,51-23?,52-22+,53-40?/t26?,31-,33?,37-/m1/s1. The van der Waals surface area contributed by atoms with Crippen LogP contribution < -0.4 is 16.6 Å². The summed E-state index contributed by atoms with van der Waals surface area (Å²) in [5, 5.41) is 13.1. The Hall–Kier alpha value is -5.64. The molecular weight excluding hydrogens is 843 g/mol. The Labute approximate surface area is 366 Å². The molecule has 5 atom stereocenters. The van der Waals surface area contributed by atoms with Crippen molar-refractivity contribution in [2.45, 2.75) is 110 Å². The predicted molar refractivity (Wildman–Crippen MR) is 240 cm³/mol. The number of amides is 2. The molecule has 2 heterocycles. The minimum Gasteiger partial charge on any atom is -0.404 e. The Balaban J connectivity index is 1.53. The summed E-state index contributed by atoms with van der Waals surface area (Å²) in [6.07, 6.45) is 9.32. The molecule has 2 aromatic heterocycles. The maximum atomic E-state index is 15.8. The van der Waals surface area contributed by atoms with Crippen molar-refractivity contribution in [2.75, 3.05) is 6.54 Å². The number of hydrogen-bond donors (Lipinski definition) is 3. The second kappa shape index (κ2) is 22.1. The van der Waals surface area contributed by atoms with Gasteiger partial charge in [0.25, 0.3) is 5.56 Å². The van der Waals surface area contributed by atoms with Gasteiger partial charge in [-0.25, -0.2) is 24.5 Å². The first-order valence-electron chi connectivity index (χ1n) is 20.5. The quantitative estimate of drug-likeness (QED) is 0.0244. The molecule has 4 rings (SSSR count). The number of aromatic nitrogens is 4. The van der Waals surface area contributed by atoms with Crippen LogP contribution in [0.5, 0.6) is 0 Å². The van der Waals surface area contributed by atoms with Crippen LogP contribution in [0.1, 0.15) is 96.9 Å². The number of H-pyrrole nitrogens is 1. The summed E-state index contributed by atoms with van der Waals surface area (Å²) in [6, 6.07) is 7.39. The number of carbonyl (C=O) groups excluding carboxylic acids is 2.